The molecule has 0 saturated carbocycles. The molecule has 0 spiro atoms. The van der Waals surface area contributed by atoms with Gasteiger partial charge in [0.1, 0.15) is 29.0 Å². The maximum Gasteiger partial charge on any atom is 0.306 e. The summed E-state index contributed by atoms with van der Waals surface area (Å²) in [7, 11) is 4.79. The number of carbonyl (C=O) groups is 4. The standard InChI is InChI=1S/C51H64N2O8/c1-36(2)32-38-18-20-39(21-19-38)37(3)47(54)16-12-7-8-13-17-49(56)53-34-46(61-50(57)31-30-48(55)52-4)33-43(53)35-60-51(40-14-10-9-11-15-40,41-22-26-44(58-5)27-23-41)42-24-28-45(59-6)29-25-42/h9-11,14-15,18-29,36-37,43,46H,7-8,12-13,16-17,30-35H2,1-6H3,(H,52,55)/t37-,43-,46+/m0/s1. The fourth-order valence-corrected chi connectivity index (χ4v) is 8.19. The van der Waals surface area contributed by atoms with E-state index >= 15 is 0 Å². The van der Waals surface area contributed by atoms with Gasteiger partial charge < -0.3 is 29.2 Å². The summed E-state index contributed by atoms with van der Waals surface area (Å²) < 4.78 is 24.1. The molecule has 0 aliphatic carbocycles. The molecule has 5 rings (SSSR count). The van der Waals surface area contributed by atoms with Gasteiger partial charge in [-0.25, -0.2) is 0 Å². The van der Waals surface area contributed by atoms with Crippen LogP contribution in [-0.2, 0) is 40.7 Å². The molecular formula is C51H64N2O8. The zero-order chi connectivity index (χ0) is 43.8. The number of benzene rings is 4. The smallest absolute Gasteiger partial charge is 0.306 e. The van der Waals surface area contributed by atoms with E-state index in [4.69, 9.17) is 18.9 Å². The number of unbranched alkanes of at least 4 members (excludes halogenated alkanes) is 3. The third-order valence-electron chi connectivity index (χ3n) is 11.7. The van der Waals surface area contributed by atoms with Gasteiger partial charge in [0.05, 0.1) is 39.8 Å². The maximum atomic E-state index is 14.1. The second-order valence-corrected chi connectivity index (χ2v) is 16.5. The van der Waals surface area contributed by atoms with Gasteiger partial charge in [-0.1, -0.05) is 112 Å². The summed E-state index contributed by atoms with van der Waals surface area (Å²) in [5.74, 6) is 1.32. The molecule has 61 heavy (non-hydrogen) atoms. The van der Waals surface area contributed by atoms with Crippen molar-refractivity contribution in [2.75, 3.05) is 34.4 Å². The average molecular weight is 833 g/mol. The quantitative estimate of drug-likeness (QED) is 0.0447. The van der Waals surface area contributed by atoms with E-state index in [0.717, 1.165) is 47.9 Å². The van der Waals surface area contributed by atoms with Crippen LogP contribution in [0.15, 0.2) is 103 Å². The first-order valence-corrected chi connectivity index (χ1v) is 21.8. The van der Waals surface area contributed by atoms with E-state index < -0.39 is 23.7 Å². The third kappa shape index (κ3) is 12.8. The van der Waals surface area contributed by atoms with E-state index in [1.54, 1.807) is 19.1 Å². The molecule has 4 aromatic rings. The summed E-state index contributed by atoms with van der Waals surface area (Å²) in [6.07, 6.45) is 4.76. The number of nitrogens with zero attached hydrogens (tertiary/aromatic N) is 1. The second-order valence-electron chi connectivity index (χ2n) is 16.5. The minimum atomic E-state index is -1.09. The first kappa shape index (κ1) is 46.6. The number of hydrogen-bond acceptors (Lipinski definition) is 8. The molecule has 10 heteroatoms. The molecule has 0 bridgehead atoms. The molecule has 4 aromatic carbocycles. The number of ketones is 1. The summed E-state index contributed by atoms with van der Waals surface area (Å²) >= 11 is 0. The van der Waals surface area contributed by atoms with Gasteiger partial charge in [-0.05, 0) is 77.3 Å². The lowest BCUT2D eigenvalue weighted by atomic mass is 9.80. The number of Topliss-reactive ketones (excluding diaryl/α,β-unsaturated/α-hetero) is 1. The lowest BCUT2D eigenvalue weighted by molar-refractivity contribution is -0.150. The number of ether oxygens (including phenoxy) is 4. The molecule has 1 fully saturated rings. The first-order valence-electron chi connectivity index (χ1n) is 21.8. The number of methoxy groups -OCH3 is 2. The monoisotopic (exact) mass is 832 g/mol. The van der Waals surface area contributed by atoms with Gasteiger partial charge in [-0.2, -0.15) is 0 Å². The fourth-order valence-electron chi connectivity index (χ4n) is 8.19. The highest BCUT2D eigenvalue weighted by atomic mass is 16.5. The van der Waals surface area contributed by atoms with Gasteiger partial charge >= 0.3 is 5.97 Å². The van der Waals surface area contributed by atoms with Crippen molar-refractivity contribution in [3.05, 3.63) is 131 Å². The van der Waals surface area contributed by atoms with E-state index in [0.29, 0.717) is 43.1 Å². The lowest BCUT2D eigenvalue weighted by Crippen LogP contribution is -2.42. The average Bonchev–Trinajstić information content (AvgIpc) is 3.69. The van der Waals surface area contributed by atoms with Crippen molar-refractivity contribution in [2.45, 2.75) is 109 Å². The Morgan fingerprint density at radius 2 is 1.28 bits per heavy atom. The Bertz CT molecular complexity index is 1950. The Balaban J connectivity index is 1.28. The van der Waals surface area contributed by atoms with Gasteiger partial charge in [0.2, 0.25) is 11.8 Å². The van der Waals surface area contributed by atoms with E-state index in [2.05, 4.69) is 43.4 Å². The second kappa shape index (κ2) is 22.9. The van der Waals surface area contributed by atoms with Crippen LogP contribution in [0.2, 0.25) is 0 Å². The number of esters is 1. The molecule has 1 aliphatic rings. The van der Waals surface area contributed by atoms with Crippen LogP contribution >= 0.6 is 0 Å². The molecule has 0 aromatic heterocycles. The Morgan fingerprint density at radius 3 is 1.84 bits per heavy atom. The van der Waals surface area contributed by atoms with Crippen molar-refractivity contribution >= 4 is 23.6 Å². The van der Waals surface area contributed by atoms with Crippen LogP contribution in [0.1, 0.15) is 112 Å². The van der Waals surface area contributed by atoms with Crippen LogP contribution in [0.5, 0.6) is 11.5 Å². The van der Waals surface area contributed by atoms with E-state index in [1.165, 1.54) is 12.6 Å². The van der Waals surface area contributed by atoms with Gasteiger partial charge in [0.15, 0.2) is 0 Å². The Kier molecular flexibility index (Phi) is 17.5. The Labute approximate surface area is 362 Å². The third-order valence-corrected chi connectivity index (χ3v) is 11.7. The lowest BCUT2D eigenvalue weighted by Gasteiger charge is -2.38. The van der Waals surface area contributed by atoms with Crippen molar-refractivity contribution < 1.29 is 38.1 Å². The Hall–Kier alpha value is -5.48. The minimum Gasteiger partial charge on any atom is -0.497 e. The summed E-state index contributed by atoms with van der Waals surface area (Å²) in [5.41, 5.74) is 3.87. The molecule has 0 radical (unpaired) electrons. The molecular weight excluding hydrogens is 769 g/mol. The van der Waals surface area contributed by atoms with Crippen molar-refractivity contribution in [1.82, 2.24) is 10.2 Å². The van der Waals surface area contributed by atoms with Gasteiger partial charge in [0, 0.05) is 38.6 Å². The van der Waals surface area contributed by atoms with E-state index in [1.807, 2.05) is 85.8 Å². The van der Waals surface area contributed by atoms with Crippen LogP contribution in [-0.4, -0.2) is 75.0 Å². The van der Waals surface area contributed by atoms with Crippen molar-refractivity contribution in [3.63, 3.8) is 0 Å². The number of hydrogen-bond donors (Lipinski definition) is 1. The van der Waals surface area contributed by atoms with Crippen LogP contribution < -0.4 is 14.8 Å². The van der Waals surface area contributed by atoms with Gasteiger partial charge in [-0.3, -0.25) is 19.2 Å². The van der Waals surface area contributed by atoms with Gasteiger partial charge in [0.25, 0.3) is 0 Å². The molecule has 10 nitrogen and oxygen atoms in total. The number of rotatable bonds is 23. The summed E-state index contributed by atoms with van der Waals surface area (Å²) in [6, 6.07) is 33.6. The van der Waals surface area contributed by atoms with Gasteiger partial charge in [-0.15, -0.1) is 0 Å². The highest BCUT2D eigenvalue weighted by molar-refractivity contribution is 5.85. The number of likely N-dealkylation sites (tertiary alicyclic amines) is 1. The highest BCUT2D eigenvalue weighted by Crippen LogP contribution is 2.42. The molecule has 1 heterocycles. The van der Waals surface area contributed by atoms with Crippen LogP contribution in [0.4, 0.5) is 0 Å². The van der Waals surface area contributed by atoms with Crippen LogP contribution in [0, 0.1) is 5.92 Å². The highest BCUT2D eigenvalue weighted by Gasteiger charge is 2.42. The Morgan fingerprint density at radius 1 is 0.705 bits per heavy atom. The van der Waals surface area contributed by atoms with Crippen LogP contribution in [0.25, 0.3) is 0 Å². The number of carbonyl (C=O) groups excluding carboxylic acids is 4. The fraction of sp³-hybridized carbons (Fsp3) is 0.451. The normalized spacial score (nSPS) is 15.6. The molecule has 2 amide bonds. The topological polar surface area (TPSA) is 120 Å². The molecule has 326 valence electrons. The van der Waals surface area contributed by atoms with Crippen molar-refractivity contribution in [1.29, 1.82) is 0 Å². The van der Waals surface area contributed by atoms with E-state index in [-0.39, 0.29) is 49.5 Å². The molecule has 3 atom stereocenters. The largest absolute Gasteiger partial charge is 0.497 e. The molecule has 1 saturated heterocycles. The predicted octanol–water partition coefficient (Wildman–Crippen LogP) is 8.96. The van der Waals surface area contributed by atoms with Crippen molar-refractivity contribution in [3.8, 4) is 11.5 Å². The predicted molar refractivity (Wildman–Crippen MR) is 238 cm³/mol. The van der Waals surface area contributed by atoms with Crippen molar-refractivity contribution in [2.24, 2.45) is 5.92 Å². The summed E-state index contributed by atoms with van der Waals surface area (Å²) in [6.45, 7) is 6.77. The molecule has 0 unspecified atom stereocenters. The van der Waals surface area contributed by atoms with E-state index in [9.17, 15) is 19.2 Å². The summed E-state index contributed by atoms with van der Waals surface area (Å²) in [5, 5.41) is 2.54. The van der Waals surface area contributed by atoms with Crippen LogP contribution in [0.3, 0.4) is 0 Å². The zero-order valence-electron chi connectivity index (χ0n) is 36.8. The molecule has 1 N–H and O–H groups in total. The minimum absolute atomic E-state index is 0.0244. The summed E-state index contributed by atoms with van der Waals surface area (Å²) in [4.78, 5) is 53.7. The number of amides is 2. The first-order chi connectivity index (χ1) is 29.5. The zero-order valence-corrected chi connectivity index (χ0v) is 36.8. The number of nitrogens with one attached hydrogen (secondary N) is 1. The molecule has 1 aliphatic heterocycles. The SMILES string of the molecule is CNC(=O)CCC(=O)O[C@@H]1C[C@@H](COC(c2ccccc2)(c2ccc(OC)cc2)c2ccc(OC)cc2)N(C(=O)CCCCCCC(=O)[C@@H](C)c2ccc(CC(C)C)cc2)C1. The maximum absolute atomic E-state index is 14.1.